The number of hydrogen-bond donors (Lipinski definition) is 2. The zero-order valence-electron chi connectivity index (χ0n) is 11.0. The van der Waals surface area contributed by atoms with Crippen LogP contribution in [0.25, 0.3) is 0 Å². The second kappa shape index (κ2) is 5.13. The van der Waals surface area contributed by atoms with Gasteiger partial charge in [0.1, 0.15) is 12.1 Å². The molecule has 0 bridgehead atoms. The lowest BCUT2D eigenvalue weighted by atomic mass is 10.1. The molecule has 0 spiro atoms. The average molecular weight is 275 g/mol. The van der Waals surface area contributed by atoms with Crippen molar-refractivity contribution in [3.05, 3.63) is 29.8 Å². The SMILES string of the molecule is NC(=O)C1COCCN1C(=O)C1Cc2ccccc2N1. The fourth-order valence-corrected chi connectivity index (χ4v) is 2.75. The molecule has 6 heteroatoms. The first-order valence-electron chi connectivity index (χ1n) is 6.69. The smallest absolute Gasteiger partial charge is 0.246 e. The molecule has 3 N–H and O–H groups in total. The van der Waals surface area contributed by atoms with Crippen LogP contribution >= 0.6 is 0 Å². The van der Waals surface area contributed by atoms with Crippen molar-refractivity contribution in [2.75, 3.05) is 25.1 Å². The Morgan fingerprint density at radius 2 is 2.15 bits per heavy atom. The number of hydrogen-bond acceptors (Lipinski definition) is 4. The van der Waals surface area contributed by atoms with Gasteiger partial charge in [-0.1, -0.05) is 18.2 Å². The summed E-state index contributed by atoms with van der Waals surface area (Å²) in [4.78, 5) is 25.6. The van der Waals surface area contributed by atoms with Crippen molar-refractivity contribution in [1.29, 1.82) is 0 Å². The van der Waals surface area contributed by atoms with Gasteiger partial charge in [0.25, 0.3) is 0 Å². The number of nitrogens with zero attached hydrogens (tertiary/aromatic N) is 1. The second-order valence-corrected chi connectivity index (χ2v) is 5.08. The monoisotopic (exact) mass is 275 g/mol. The van der Waals surface area contributed by atoms with E-state index in [-0.39, 0.29) is 18.6 Å². The van der Waals surface area contributed by atoms with Crippen molar-refractivity contribution in [3.63, 3.8) is 0 Å². The Hall–Kier alpha value is -2.08. The zero-order chi connectivity index (χ0) is 14.1. The molecule has 2 amide bonds. The van der Waals surface area contributed by atoms with Gasteiger partial charge in [-0.3, -0.25) is 9.59 Å². The molecule has 3 rings (SSSR count). The molecular weight excluding hydrogens is 258 g/mol. The maximum absolute atomic E-state index is 12.6. The van der Waals surface area contributed by atoms with Crippen molar-refractivity contribution >= 4 is 17.5 Å². The first kappa shape index (κ1) is 12.9. The Morgan fingerprint density at radius 3 is 2.90 bits per heavy atom. The van der Waals surface area contributed by atoms with Crippen molar-refractivity contribution in [3.8, 4) is 0 Å². The third-order valence-electron chi connectivity index (χ3n) is 3.81. The van der Waals surface area contributed by atoms with Crippen molar-refractivity contribution < 1.29 is 14.3 Å². The molecule has 2 aliphatic heterocycles. The zero-order valence-corrected chi connectivity index (χ0v) is 11.0. The summed E-state index contributed by atoms with van der Waals surface area (Å²) in [6, 6.07) is 6.84. The molecule has 1 aromatic rings. The number of amides is 2. The molecule has 0 aromatic heterocycles. The topological polar surface area (TPSA) is 84.7 Å². The Bertz CT molecular complexity index is 521. The standard InChI is InChI=1S/C14H17N3O3/c15-13(18)12-8-20-6-5-17(12)14(19)11-7-9-3-1-2-4-10(9)16-11/h1-4,11-12,16H,5-8H2,(H2,15,18). The summed E-state index contributed by atoms with van der Waals surface area (Å²) in [7, 11) is 0. The van der Waals surface area contributed by atoms with Gasteiger partial charge < -0.3 is 20.7 Å². The van der Waals surface area contributed by atoms with Gasteiger partial charge in [-0.05, 0) is 11.6 Å². The van der Waals surface area contributed by atoms with Crippen LogP contribution in [0.3, 0.4) is 0 Å². The van der Waals surface area contributed by atoms with Gasteiger partial charge in [-0.2, -0.15) is 0 Å². The van der Waals surface area contributed by atoms with Crippen LogP contribution in [0.4, 0.5) is 5.69 Å². The third kappa shape index (κ3) is 2.22. The predicted octanol–water partition coefficient (Wildman–Crippen LogP) is -0.264. The Labute approximate surface area is 116 Å². The van der Waals surface area contributed by atoms with Gasteiger partial charge in [-0.15, -0.1) is 0 Å². The molecule has 2 atom stereocenters. The molecule has 0 saturated carbocycles. The number of nitrogens with one attached hydrogen (secondary N) is 1. The van der Waals surface area contributed by atoms with E-state index in [0.29, 0.717) is 19.6 Å². The Morgan fingerprint density at radius 1 is 1.35 bits per heavy atom. The van der Waals surface area contributed by atoms with E-state index >= 15 is 0 Å². The molecule has 2 unspecified atom stereocenters. The Kier molecular flexibility index (Phi) is 3.31. The van der Waals surface area contributed by atoms with Crippen LogP contribution in [0.15, 0.2) is 24.3 Å². The third-order valence-corrected chi connectivity index (χ3v) is 3.81. The molecule has 20 heavy (non-hydrogen) atoms. The average Bonchev–Trinajstić information content (AvgIpc) is 2.90. The van der Waals surface area contributed by atoms with E-state index in [1.54, 1.807) is 0 Å². The molecule has 106 valence electrons. The molecule has 2 heterocycles. The maximum Gasteiger partial charge on any atom is 0.246 e. The summed E-state index contributed by atoms with van der Waals surface area (Å²) < 4.78 is 5.23. The highest BCUT2D eigenvalue weighted by molar-refractivity contribution is 5.92. The number of ether oxygens (including phenoxy) is 1. The quantitative estimate of drug-likeness (QED) is 0.778. The highest BCUT2D eigenvalue weighted by Gasteiger charge is 2.37. The minimum atomic E-state index is -0.665. The minimum absolute atomic E-state index is 0.0895. The van der Waals surface area contributed by atoms with Crippen LogP contribution in [-0.4, -0.2) is 48.6 Å². The van der Waals surface area contributed by atoms with E-state index in [9.17, 15) is 9.59 Å². The van der Waals surface area contributed by atoms with Crippen LogP contribution in [0.5, 0.6) is 0 Å². The predicted molar refractivity (Wildman–Crippen MR) is 73.1 cm³/mol. The molecule has 1 saturated heterocycles. The second-order valence-electron chi connectivity index (χ2n) is 5.08. The highest BCUT2D eigenvalue weighted by atomic mass is 16.5. The number of carbonyl (C=O) groups is 2. The number of anilines is 1. The number of nitrogens with two attached hydrogens (primary N) is 1. The highest BCUT2D eigenvalue weighted by Crippen LogP contribution is 2.26. The first-order valence-corrected chi connectivity index (χ1v) is 6.69. The molecule has 1 aromatic carbocycles. The summed E-state index contributed by atoms with van der Waals surface area (Å²) >= 11 is 0. The van der Waals surface area contributed by atoms with Crippen LogP contribution in [0, 0.1) is 0 Å². The number of morpholine rings is 1. The van der Waals surface area contributed by atoms with Gasteiger partial charge >= 0.3 is 0 Å². The first-order chi connectivity index (χ1) is 9.66. The van der Waals surface area contributed by atoms with Crippen molar-refractivity contribution in [2.45, 2.75) is 18.5 Å². The Balaban J connectivity index is 1.75. The number of primary amides is 1. The van der Waals surface area contributed by atoms with Crippen LogP contribution in [0.1, 0.15) is 5.56 Å². The van der Waals surface area contributed by atoms with Crippen molar-refractivity contribution in [2.24, 2.45) is 5.73 Å². The fourth-order valence-electron chi connectivity index (χ4n) is 2.75. The van der Waals surface area contributed by atoms with Crippen LogP contribution < -0.4 is 11.1 Å². The molecular formula is C14H17N3O3. The summed E-state index contributed by atoms with van der Waals surface area (Å²) in [5, 5.41) is 3.21. The molecule has 2 aliphatic rings. The number of fused-ring (bicyclic) bond motifs is 1. The van der Waals surface area contributed by atoms with E-state index in [1.807, 2.05) is 24.3 Å². The normalized spacial score (nSPS) is 24.9. The van der Waals surface area contributed by atoms with Gasteiger partial charge in [0.2, 0.25) is 11.8 Å². The van der Waals surface area contributed by atoms with Gasteiger partial charge in [-0.25, -0.2) is 0 Å². The van der Waals surface area contributed by atoms with Gasteiger partial charge in [0.05, 0.1) is 13.2 Å². The van der Waals surface area contributed by atoms with E-state index in [4.69, 9.17) is 10.5 Å². The summed E-state index contributed by atoms with van der Waals surface area (Å²) in [6.07, 6.45) is 0.637. The largest absolute Gasteiger partial charge is 0.377 e. The maximum atomic E-state index is 12.6. The van der Waals surface area contributed by atoms with Crippen molar-refractivity contribution in [1.82, 2.24) is 4.90 Å². The van der Waals surface area contributed by atoms with Crippen LogP contribution in [0.2, 0.25) is 0 Å². The number of para-hydroxylation sites is 1. The molecule has 0 radical (unpaired) electrons. The molecule has 0 aliphatic carbocycles. The van der Waals surface area contributed by atoms with E-state index in [2.05, 4.69) is 5.32 Å². The van der Waals surface area contributed by atoms with Gasteiger partial charge in [0.15, 0.2) is 0 Å². The number of carbonyl (C=O) groups excluding carboxylic acids is 2. The fraction of sp³-hybridized carbons (Fsp3) is 0.429. The minimum Gasteiger partial charge on any atom is -0.377 e. The van der Waals surface area contributed by atoms with Gasteiger partial charge in [0, 0.05) is 18.7 Å². The summed E-state index contributed by atoms with van der Waals surface area (Å²) in [6.45, 7) is 1.02. The lowest BCUT2D eigenvalue weighted by molar-refractivity contribution is -0.147. The lowest BCUT2D eigenvalue weighted by Crippen LogP contribution is -2.57. The number of rotatable bonds is 2. The molecule has 6 nitrogen and oxygen atoms in total. The van der Waals surface area contributed by atoms with E-state index < -0.39 is 11.9 Å². The number of benzene rings is 1. The lowest BCUT2D eigenvalue weighted by Gasteiger charge is -2.35. The van der Waals surface area contributed by atoms with Crippen LogP contribution in [-0.2, 0) is 20.7 Å². The molecule has 1 fully saturated rings. The van der Waals surface area contributed by atoms with E-state index in [0.717, 1.165) is 11.3 Å². The summed E-state index contributed by atoms with van der Waals surface area (Å²) in [5.41, 5.74) is 7.45. The van der Waals surface area contributed by atoms with E-state index in [1.165, 1.54) is 4.90 Å². The summed E-state index contributed by atoms with van der Waals surface area (Å²) in [5.74, 6) is -0.609.